The number of hydrogen-bond acceptors (Lipinski definition) is 2. The second-order valence-electron chi connectivity index (χ2n) is 6.29. The Hall–Kier alpha value is -0.760. The van der Waals surface area contributed by atoms with Gasteiger partial charge in [-0.05, 0) is 35.8 Å². The predicted octanol–water partition coefficient (Wildman–Crippen LogP) is 4.08. The molecule has 2 rings (SSSR count). The Balaban J connectivity index is 1.96. The highest BCUT2D eigenvalue weighted by atomic mass is 35.5. The molecule has 0 radical (unpaired) electrons. The van der Waals surface area contributed by atoms with Gasteiger partial charge in [0, 0.05) is 25.2 Å². The highest BCUT2D eigenvalue weighted by molar-refractivity contribution is 6.17. The van der Waals surface area contributed by atoms with Crippen LogP contribution >= 0.6 is 11.6 Å². The summed E-state index contributed by atoms with van der Waals surface area (Å²) in [6, 6.07) is 4.17. The van der Waals surface area contributed by atoms with Crippen molar-refractivity contribution in [2.24, 2.45) is 11.3 Å². The van der Waals surface area contributed by atoms with Gasteiger partial charge in [-0.15, -0.1) is 11.6 Å². The van der Waals surface area contributed by atoms with Gasteiger partial charge in [0.25, 0.3) is 0 Å². The van der Waals surface area contributed by atoms with Crippen molar-refractivity contribution in [3.05, 3.63) is 23.9 Å². The summed E-state index contributed by atoms with van der Waals surface area (Å²) in [5.41, 5.74) is 1.52. The van der Waals surface area contributed by atoms with Crippen molar-refractivity contribution < 1.29 is 0 Å². The van der Waals surface area contributed by atoms with Gasteiger partial charge in [-0.25, -0.2) is 4.98 Å². The first kappa shape index (κ1) is 13.7. The molecule has 3 heteroatoms. The lowest BCUT2D eigenvalue weighted by Crippen LogP contribution is -2.38. The molecule has 0 unspecified atom stereocenters. The number of halogens is 1. The van der Waals surface area contributed by atoms with E-state index in [1.54, 1.807) is 0 Å². The van der Waals surface area contributed by atoms with Gasteiger partial charge in [-0.1, -0.05) is 26.8 Å². The Morgan fingerprint density at radius 2 is 1.94 bits per heavy atom. The molecule has 0 saturated carbocycles. The lowest BCUT2D eigenvalue weighted by molar-refractivity contribution is 0.198. The average Bonchev–Trinajstić information content (AvgIpc) is 2.38. The molecule has 0 spiro atoms. The predicted molar refractivity (Wildman–Crippen MR) is 78.2 cm³/mol. The van der Waals surface area contributed by atoms with Crippen molar-refractivity contribution in [2.45, 2.75) is 39.5 Å². The third-order valence-electron chi connectivity index (χ3n) is 4.01. The van der Waals surface area contributed by atoms with E-state index < -0.39 is 0 Å². The Labute approximate surface area is 115 Å². The smallest absolute Gasteiger partial charge is 0.128 e. The van der Waals surface area contributed by atoms with Crippen LogP contribution in [0.4, 0.5) is 5.82 Å². The van der Waals surface area contributed by atoms with Crippen molar-refractivity contribution >= 4 is 17.4 Å². The molecule has 2 heterocycles. The van der Waals surface area contributed by atoms with Crippen molar-refractivity contribution in [1.29, 1.82) is 0 Å². The first-order chi connectivity index (χ1) is 8.50. The minimum Gasteiger partial charge on any atom is -0.357 e. The van der Waals surface area contributed by atoms with Crippen LogP contribution in [0, 0.1) is 11.3 Å². The zero-order chi connectivity index (χ0) is 13.2. The summed E-state index contributed by atoms with van der Waals surface area (Å²) in [4.78, 5) is 6.89. The van der Waals surface area contributed by atoms with Crippen LogP contribution in [0.1, 0.15) is 39.2 Å². The first-order valence-electron chi connectivity index (χ1n) is 6.76. The van der Waals surface area contributed by atoms with E-state index in [-0.39, 0.29) is 0 Å². The van der Waals surface area contributed by atoms with Crippen LogP contribution in [-0.4, -0.2) is 18.1 Å². The average molecular weight is 267 g/mol. The van der Waals surface area contributed by atoms with Gasteiger partial charge in [0.2, 0.25) is 0 Å². The number of nitrogens with zero attached hydrogens (tertiary/aromatic N) is 2. The normalized spacial score (nSPS) is 18.1. The summed E-state index contributed by atoms with van der Waals surface area (Å²) in [5, 5.41) is 0. The van der Waals surface area contributed by atoms with Crippen LogP contribution in [0.3, 0.4) is 0 Å². The number of alkyl halides is 1. The van der Waals surface area contributed by atoms with E-state index in [2.05, 4.69) is 42.8 Å². The van der Waals surface area contributed by atoms with E-state index in [1.807, 2.05) is 6.20 Å². The molecule has 1 aromatic heterocycles. The fraction of sp³-hybridized carbons (Fsp3) is 0.667. The molecule has 0 aliphatic carbocycles. The van der Waals surface area contributed by atoms with Crippen molar-refractivity contribution in [1.82, 2.24) is 4.98 Å². The monoisotopic (exact) mass is 266 g/mol. The maximum atomic E-state index is 5.78. The topological polar surface area (TPSA) is 16.1 Å². The molecule has 1 saturated heterocycles. The van der Waals surface area contributed by atoms with E-state index in [0.29, 0.717) is 11.3 Å². The third kappa shape index (κ3) is 3.17. The summed E-state index contributed by atoms with van der Waals surface area (Å²) < 4.78 is 0. The van der Waals surface area contributed by atoms with Crippen LogP contribution in [0.2, 0.25) is 0 Å². The Kier molecular flexibility index (Phi) is 4.16. The van der Waals surface area contributed by atoms with Crippen molar-refractivity contribution in [2.75, 3.05) is 18.0 Å². The van der Waals surface area contributed by atoms with Gasteiger partial charge in [-0.3, -0.25) is 0 Å². The molecule has 100 valence electrons. The maximum Gasteiger partial charge on any atom is 0.128 e. The van der Waals surface area contributed by atoms with Crippen LogP contribution < -0.4 is 4.90 Å². The zero-order valence-electron chi connectivity index (χ0n) is 11.6. The van der Waals surface area contributed by atoms with Crippen LogP contribution in [0.15, 0.2) is 18.3 Å². The molecule has 0 amide bonds. The highest BCUT2D eigenvalue weighted by Gasteiger charge is 2.28. The fourth-order valence-electron chi connectivity index (χ4n) is 2.66. The van der Waals surface area contributed by atoms with E-state index in [4.69, 9.17) is 11.6 Å². The van der Waals surface area contributed by atoms with Gasteiger partial charge in [-0.2, -0.15) is 0 Å². The molecular formula is C15H23ClN2. The van der Waals surface area contributed by atoms with E-state index in [9.17, 15) is 0 Å². The lowest BCUT2D eigenvalue weighted by atomic mass is 9.75. The summed E-state index contributed by atoms with van der Waals surface area (Å²) in [6.45, 7) is 9.28. The third-order valence-corrected chi connectivity index (χ3v) is 4.32. The molecule has 18 heavy (non-hydrogen) atoms. The Morgan fingerprint density at radius 1 is 1.28 bits per heavy atom. The molecule has 0 aromatic carbocycles. The lowest BCUT2D eigenvalue weighted by Gasteiger charge is -2.39. The quantitative estimate of drug-likeness (QED) is 0.750. The van der Waals surface area contributed by atoms with Gasteiger partial charge in [0.1, 0.15) is 5.82 Å². The number of piperidine rings is 1. The van der Waals surface area contributed by atoms with E-state index in [0.717, 1.165) is 30.4 Å². The molecule has 1 aromatic rings. The largest absolute Gasteiger partial charge is 0.357 e. The summed E-state index contributed by atoms with van der Waals surface area (Å²) in [5.74, 6) is 2.46. The standard InChI is InChI=1S/C15H23ClN2/c1-15(2,3)13-6-8-18(9-7-13)14-5-4-12(10-16)11-17-14/h4-5,11,13H,6-10H2,1-3H3. The fourth-order valence-corrected chi connectivity index (χ4v) is 2.82. The van der Waals surface area contributed by atoms with E-state index in [1.165, 1.54) is 12.8 Å². The van der Waals surface area contributed by atoms with Crippen LogP contribution in [0.5, 0.6) is 0 Å². The summed E-state index contributed by atoms with van der Waals surface area (Å²) in [7, 11) is 0. The highest BCUT2D eigenvalue weighted by Crippen LogP contribution is 2.35. The zero-order valence-corrected chi connectivity index (χ0v) is 12.4. The number of hydrogen-bond donors (Lipinski definition) is 0. The van der Waals surface area contributed by atoms with Gasteiger partial charge in [0.15, 0.2) is 0 Å². The number of anilines is 1. The number of pyridine rings is 1. The summed E-state index contributed by atoms with van der Waals surface area (Å²) in [6.07, 6.45) is 4.42. The molecule has 2 nitrogen and oxygen atoms in total. The molecule has 0 bridgehead atoms. The van der Waals surface area contributed by atoms with Crippen molar-refractivity contribution in [3.8, 4) is 0 Å². The molecule has 0 N–H and O–H groups in total. The summed E-state index contributed by atoms with van der Waals surface area (Å²) >= 11 is 5.78. The van der Waals surface area contributed by atoms with Gasteiger partial charge in [0.05, 0.1) is 0 Å². The Morgan fingerprint density at radius 3 is 2.39 bits per heavy atom. The molecule has 1 fully saturated rings. The molecule has 0 atom stereocenters. The molecular weight excluding hydrogens is 244 g/mol. The number of rotatable bonds is 2. The SMILES string of the molecule is CC(C)(C)C1CCN(c2ccc(CCl)cn2)CC1. The minimum atomic E-state index is 0.433. The van der Waals surface area contributed by atoms with Gasteiger partial charge < -0.3 is 4.90 Å². The van der Waals surface area contributed by atoms with E-state index >= 15 is 0 Å². The van der Waals surface area contributed by atoms with Gasteiger partial charge >= 0.3 is 0 Å². The molecule has 1 aliphatic rings. The van der Waals surface area contributed by atoms with Crippen LogP contribution in [-0.2, 0) is 5.88 Å². The number of aromatic nitrogens is 1. The first-order valence-corrected chi connectivity index (χ1v) is 7.30. The Bertz CT molecular complexity index is 372. The second kappa shape index (κ2) is 5.48. The van der Waals surface area contributed by atoms with Crippen molar-refractivity contribution in [3.63, 3.8) is 0 Å². The van der Waals surface area contributed by atoms with Crippen LogP contribution in [0.25, 0.3) is 0 Å². The molecule has 1 aliphatic heterocycles. The maximum absolute atomic E-state index is 5.78. The second-order valence-corrected chi connectivity index (χ2v) is 6.55. The minimum absolute atomic E-state index is 0.433.